The molecule has 1 rings (SSSR count). The summed E-state index contributed by atoms with van der Waals surface area (Å²) in [5.41, 5.74) is 5.39. The first-order valence-corrected chi connectivity index (χ1v) is 4.26. The smallest absolute Gasteiger partial charge is 0.269 e. The Labute approximate surface area is 85.3 Å². The van der Waals surface area contributed by atoms with Crippen molar-refractivity contribution in [2.24, 2.45) is 5.73 Å². The number of benzene rings is 1. The minimum atomic E-state index is -0.970. The molecule has 1 atom stereocenters. The number of non-ortho nitro benzene ring substituents is 1. The van der Waals surface area contributed by atoms with E-state index in [1.165, 1.54) is 18.2 Å². The Hall–Kier alpha value is -1.17. The Morgan fingerprint density at radius 1 is 1.64 bits per heavy atom. The van der Waals surface area contributed by atoms with Gasteiger partial charge in [0.2, 0.25) is 0 Å². The van der Waals surface area contributed by atoms with Crippen molar-refractivity contribution in [2.75, 3.05) is 6.54 Å². The van der Waals surface area contributed by atoms with Gasteiger partial charge in [-0.25, -0.2) is 0 Å². The molecule has 0 heterocycles. The average molecular weight is 217 g/mol. The highest BCUT2D eigenvalue weighted by molar-refractivity contribution is 6.31. The molecule has 0 spiro atoms. The van der Waals surface area contributed by atoms with E-state index in [1.807, 2.05) is 0 Å². The second-order valence-corrected chi connectivity index (χ2v) is 3.12. The highest BCUT2D eigenvalue weighted by Crippen LogP contribution is 2.26. The Balaban J connectivity index is 3.14. The first kappa shape index (κ1) is 10.9. The normalized spacial score (nSPS) is 12.5. The van der Waals surface area contributed by atoms with Crippen LogP contribution in [-0.4, -0.2) is 16.6 Å². The van der Waals surface area contributed by atoms with E-state index in [4.69, 9.17) is 17.3 Å². The fourth-order valence-corrected chi connectivity index (χ4v) is 1.27. The number of hydrogen-bond acceptors (Lipinski definition) is 4. The van der Waals surface area contributed by atoms with Crippen molar-refractivity contribution in [3.63, 3.8) is 0 Å². The molecular weight excluding hydrogens is 208 g/mol. The fraction of sp³-hybridized carbons (Fsp3) is 0.250. The predicted octanol–water partition coefficient (Wildman–Crippen LogP) is 1.24. The number of aliphatic hydroxyl groups is 1. The third-order valence-corrected chi connectivity index (χ3v) is 2.12. The van der Waals surface area contributed by atoms with Gasteiger partial charge in [-0.05, 0) is 6.07 Å². The predicted molar refractivity (Wildman–Crippen MR) is 52.1 cm³/mol. The van der Waals surface area contributed by atoms with Gasteiger partial charge in [-0.1, -0.05) is 11.6 Å². The van der Waals surface area contributed by atoms with E-state index in [0.717, 1.165) is 0 Å². The SMILES string of the molecule is NCC(O)c1cc([N+](=O)[O-])ccc1Cl. The number of aliphatic hydroxyl groups excluding tert-OH is 1. The molecular formula is C8H9ClN2O3. The van der Waals surface area contributed by atoms with Crippen molar-refractivity contribution in [3.8, 4) is 0 Å². The van der Waals surface area contributed by atoms with Gasteiger partial charge in [0, 0.05) is 29.3 Å². The van der Waals surface area contributed by atoms with Crippen LogP contribution < -0.4 is 5.73 Å². The van der Waals surface area contributed by atoms with Gasteiger partial charge < -0.3 is 10.8 Å². The van der Waals surface area contributed by atoms with Gasteiger partial charge >= 0.3 is 0 Å². The van der Waals surface area contributed by atoms with Gasteiger partial charge in [0.05, 0.1) is 11.0 Å². The van der Waals surface area contributed by atoms with E-state index in [1.54, 1.807) is 0 Å². The Bertz CT molecular complexity index is 356. The fourth-order valence-electron chi connectivity index (χ4n) is 1.03. The molecule has 1 unspecified atom stereocenters. The highest BCUT2D eigenvalue weighted by Gasteiger charge is 2.14. The van der Waals surface area contributed by atoms with E-state index in [-0.39, 0.29) is 22.8 Å². The summed E-state index contributed by atoms with van der Waals surface area (Å²) in [4.78, 5) is 9.87. The summed E-state index contributed by atoms with van der Waals surface area (Å²) in [6, 6.07) is 3.86. The molecule has 14 heavy (non-hydrogen) atoms. The number of halogens is 1. The first-order valence-electron chi connectivity index (χ1n) is 3.88. The van der Waals surface area contributed by atoms with E-state index in [0.29, 0.717) is 0 Å². The van der Waals surface area contributed by atoms with Gasteiger partial charge in [-0.2, -0.15) is 0 Å². The lowest BCUT2D eigenvalue weighted by molar-refractivity contribution is -0.385. The maximum absolute atomic E-state index is 10.4. The average Bonchev–Trinajstić information content (AvgIpc) is 2.17. The van der Waals surface area contributed by atoms with Gasteiger partial charge in [-0.15, -0.1) is 0 Å². The molecule has 1 aromatic carbocycles. The maximum Gasteiger partial charge on any atom is 0.269 e. The molecule has 0 radical (unpaired) electrons. The molecule has 0 aliphatic rings. The molecule has 3 N–H and O–H groups in total. The lowest BCUT2D eigenvalue weighted by Gasteiger charge is -2.09. The summed E-state index contributed by atoms with van der Waals surface area (Å²) in [7, 11) is 0. The Kier molecular flexibility index (Phi) is 3.40. The standard InChI is InChI=1S/C8H9ClN2O3/c9-7-2-1-5(11(13)14)3-6(7)8(12)4-10/h1-3,8,12H,4,10H2. The van der Waals surface area contributed by atoms with Crippen LogP contribution in [0.5, 0.6) is 0 Å². The molecule has 0 saturated heterocycles. The minimum Gasteiger partial charge on any atom is -0.387 e. The van der Waals surface area contributed by atoms with Crippen LogP contribution in [0.25, 0.3) is 0 Å². The van der Waals surface area contributed by atoms with E-state index in [2.05, 4.69) is 0 Å². The second-order valence-electron chi connectivity index (χ2n) is 2.71. The zero-order valence-electron chi connectivity index (χ0n) is 7.18. The van der Waals surface area contributed by atoms with Crippen LogP contribution in [-0.2, 0) is 0 Å². The second kappa shape index (κ2) is 4.36. The maximum atomic E-state index is 10.4. The summed E-state index contributed by atoms with van der Waals surface area (Å²) < 4.78 is 0. The highest BCUT2D eigenvalue weighted by atomic mass is 35.5. The largest absolute Gasteiger partial charge is 0.387 e. The topological polar surface area (TPSA) is 89.4 Å². The number of nitrogens with zero attached hydrogens (tertiary/aromatic N) is 1. The van der Waals surface area contributed by atoms with E-state index >= 15 is 0 Å². The van der Waals surface area contributed by atoms with Gasteiger partial charge in [-0.3, -0.25) is 10.1 Å². The number of hydrogen-bond donors (Lipinski definition) is 2. The summed E-state index contributed by atoms with van der Waals surface area (Å²) in [5.74, 6) is 0. The molecule has 5 nitrogen and oxygen atoms in total. The number of nitro benzene ring substituents is 1. The molecule has 0 aliphatic carbocycles. The zero-order valence-corrected chi connectivity index (χ0v) is 7.94. The molecule has 0 aromatic heterocycles. The van der Waals surface area contributed by atoms with E-state index in [9.17, 15) is 15.2 Å². The number of nitrogens with two attached hydrogens (primary N) is 1. The third kappa shape index (κ3) is 2.20. The van der Waals surface area contributed by atoms with Crippen LogP contribution in [0.1, 0.15) is 11.7 Å². The van der Waals surface area contributed by atoms with Crippen molar-refractivity contribution in [1.82, 2.24) is 0 Å². The monoisotopic (exact) mass is 216 g/mol. The van der Waals surface area contributed by atoms with Crippen LogP contribution in [0.15, 0.2) is 18.2 Å². The summed E-state index contributed by atoms with van der Waals surface area (Å²) in [6.45, 7) is -0.0269. The molecule has 0 saturated carbocycles. The zero-order chi connectivity index (χ0) is 10.7. The summed E-state index contributed by atoms with van der Waals surface area (Å²) >= 11 is 5.74. The van der Waals surface area contributed by atoms with Crippen LogP contribution in [0.2, 0.25) is 5.02 Å². The quantitative estimate of drug-likeness (QED) is 0.588. The Morgan fingerprint density at radius 3 is 2.79 bits per heavy atom. The van der Waals surface area contributed by atoms with Gasteiger partial charge in [0.25, 0.3) is 5.69 Å². The Morgan fingerprint density at radius 2 is 2.29 bits per heavy atom. The first-order chi connectivity index (χ1) is 6.56. The van der Waals surface area contributed by atoms with Crippen LogP contribution in [0.3, 0.4) is 0 Å². The number of rotatable bonds is 3. The lowest BCUT2D eigenvalue weighted by Crippen LogP contribution is -2.12. The van der Waals surface area contributed by atoms with Gasteiger partial charge in [0.15, 0.2) is 0 Å². The van der Waals surface area contributed by atoms with Crippen LogP contribution in [0, 0.1) is 10.1 Å². The molecule has 0 amide bonds. The van der Waals surface area contributed by atoms with Crippen LogP contribution >= 0.6 is 11.6 Å². The van der Waals surface area contributed by atoms with E-state index < -0.39 is 11.0 Å². The molecule has 76 valence electrons. The van der Waals surface area contributed by atoms with Crippen molar-refractivity contribution in [2.45, 2.75) is 6.10 Å². The molecule has 0 bridgehead atoms. The third-order valence-electron chi connectivity index (χ3n) is 1.77. The van der Waals surface area contributed by atoms with Crippen molar-refractivity contribution in [1.29, 1.82) is 0 Å². The van der Waals surface area contributed by atoms with Crippen molar-refractivity contribution in [3.05, 3.63) is 38.9 Å². The van der Waals surface area contributed by atoms with Gasteiger partial charge in [0.1, 0.15) is 0 Å². The minimum absolute atomic E-state index is 0.0269. The summed E-state index contributed by atoms with van der Waals surface area (Å²) in [6.07, 6.45) is -0.970. The van der Waals surface area contributed by atoms with Crippen molar-refractivity contribution < 1.29 is 10.0 Å². The van der Waals surface area contributed by atoms with Crippen molar-refractivity contribution >= 4 is 17.3 Å². The molecule has 0 fully saturated rings. The molecule has 6 heteroatoms. The number of nitro groups is 1. The molecule has 1 aromatic rings. The summed E-state index contributed by atoms with van der Waals surface area (Å²) in [5, 5.41) is 20.1. The van der Waals surface area contributed by atoms with Crippen LogP contribution in [0.4, 0.5) is 5.69 Å². The lowest BCUT2D eigenvalue weighted by atomic mass is 10.1. The molecule has 0 aliphatic heterocycles.